The molecular formula is C17H25N5OS. The summed E-state index contributed by atoms with van der Waals surface area (Å²) in [6.07, 6.45) is 0. The van der Waals surface area contributed by atoms with Gasteiger partial charge in [-0.25, -0.2) is 4.68 Å². The average molecular weight is 347 g/mol. The van der Waals surface area contributed by atoms with Gasteiger partial charge < -0.3 is 4.74 Å². The number of methoxy groups -OCH3 is 1. The normalized spacial score (nSPS) is 17.2. The smallest absolute Gasteiger partial charge is 0.169 e. The van der Waals surface area contributed by atoms with E-state index in [0.717, 1.165) is 24.7 Å². The fourth-order valence-electron chi connectivity index (χ4n) is 3.18. The van der Waals surface area contributed by atoms with Crippen molar-refractivity contribution in [1.82, 2.24) is 25.1 Å². The summed E-state index contributed by atoms with van der Waals surface area (Å²) in [7, 11) is 1.68. The maximum absolute atomic E-state index is 5.22. The molecule has 1 aliphatic rings. The molecule has 1 aromatic heterocycles. The van der Waals surface area contributed by atoms with Crippen molar-refractivity contribution in [2.45, 2.75) is 26.4 Å². The largest absolute Gasteiger partial charge is 0.497 e. The van der Waals surface area contributed by atoms with E-state index in [1.54, 1.807) is 7.11 Å². The topological polar surface area (TPSA) is 56.1 Å². The molecule has 1 aromatic carbocycles. The molecule has 1 atom stereocenters. The first-order valence-corrected chi connectivity index (χ1v) is 9.55. The van der Waals surface area contributed by atoms with E-state index in [9.17, 15) is 0 Å². The van der Waals surface area contributed by atoms with E-state index >= 15 is 0 Å². The van der Waals surface area contributed by atoms with Gasteiger partial charge in [-0.05, 0) is 34.0 Å². The minimum atomic E-state index is 0.263. The summed E-state index contributed by atoms with van der Waals surface area (Å²) in [6.45, 7) is 7.38. The van der Waals surface area contributed by atoms with Gasteiger partial charge in [0.05, 0.1) is 19.7 Å². The fraction of sp³-hybridized carbons (Fsp3) is 0.588. The monoisotopic (exact) mass is 347 g/mol. The molecule has 0 aliphatic carbocycles. The zero-order chi connectivity index (χ0) is 16.9. The summed E-state index contributed by atoms with van der Waals surface area (Å²) in [6, 6.07) is 8.33. The molecule has 0 spiro atoms. The van der Waals surface area contributed by atoms with Crippen LogP contribution in [0.15, 0.2) is 24.3 Å². The van der Waals surface area contributed by atoms with Crippen molar-refractivity contribution >= 4 is 11.8 Å². The maximum atomic E-state index is 5.22. The minimum absolute atomic E-state index is 0.263. The van der Waals surface area contributed by atoms with Crippen LogP contribution in [0, 0.1) is 5.92 Å². The number of nitrogens with zero attached hydrogens (tertiary/aromatic N) is 5. The van der Waals surface area contributed by atoms with Gasteiger partial charge in [0.25, 0.3) is 0 Å². The van der Waals surface area contributed by atoms with E-state index in [2.05, 4.69) is 46.4 Å². The fourth-order valence-corrected chi connectivity index (χ4v) is 4.11. The van der Waals surface area contributed by atoms with Crippen LogP contribution in [0.4, 0.5) is 0 Å². The SMILES string of the molecule is COc1ccc(Cn2nnnc2[C@@H](C(C)C)N2CCSCC2)cc1. The lowest BCUT2D eigenvalue weighted by Gasteiger charge is -2.35. The zero-order valence-corrected chi connectivity index (χ0v) is 15.4. The summed E-state index contributed by atoms with van der Waals surface area (Å²) >= 11 is 2.02. The molecule has 0 bridgehead atoms. The van der Waals surface area contributed by atoms with Crippen LogP contribution in [0.25, 0.3) is 0 Å². The molecule has 1 aliphatic heterocycles. The third-order valence-electron chi connectivity index (χ3n) is 4.39. The van der Waals surface area contributed by atoms with Crippen LogP contribution in [0.3, 0.4) is 0 Å². The third-order valence-corrected chi connectivity index (χ3v) is 5.33. The highest BCUT2D eigenvalue weighted by Gasteiger charge is 2.29. The molecule has 7 heteroatoms. The van der Waals surface area contributed by atoms with Crippen molar-refractivity contribution in [3.8, 4) is 5.75 Å². The van der Waals surface area contributed by atoms with Crippen molar-refractivity contribution in [3.63, 3.8) is 0 Å². The Morgan fingerprint density at radius 2 is 1.88 bits per heavy atom. The molecule has 2 heterocycles. The van der Waals surface area contributed by atoms with Crippen LogP contribution < -0.4 is 4.74 Å². The third kappa shape index (κ3) is 3.89. The highest BCUT2D eigenvalue weighted by molar-refractivity contribution is 7.99. The van der Waals surface area contributed by atoms with Crippen LogP contribution in [0.5, 0.6) is 5.75 Å². The number of hydrogen-bond acceptors (Lipinski definition) is 6. The predicted molar refractivity (Wildman–Crippen MR) is 96.4 cm³/mol. The molecule has 0 N–H and O–H groups in total. The molecule has 6 nitrogen and oxygen atoms in total. The standard InChI is InChI=1S/C17H25N5OS/c1-13(2)16(21-8-10-24-11-9-21)17-18-19-20-22(17)12-14-4-6-15(23-3)7-5-14/h4-7,13,16H,8-12H2,1-3H3/t16-/m1/s1. The van der Waals surface area contributed by atoms with Gasteiger partial charge >= 0.3 is 0 Å². The summed E-state index contributed by atoms with van der Waals surface area (Å²) in [5.74, 6) is 4.66. The Labute approximate surface area is 147 Å². The Bertz CT molecular complexity index is 637. The van der Waals surface area contributed by atoms with Gasteiger partial charge in [-0.15, -0.1) is 5.10 Å². The maximum Gasteiger partial charge on any atom is 0.169 e. The highest BCUT2D eigenvalue weighted by atomic mass is 32.2. The quantitative estimate of drug-likeness (QED) is 0.800. The van der Waals surface area contributed by atoms with Gasteiger partial charge in [-0.2, -0.15) is 11.8 Å². The number of benzene rings is 1. The number of hydrogen-bond donors (Lipinski definition) is 0. The molecule has 1 saturated heterocycles. The van der Waals surface area contributed by atoms with E-state index in [0.29, 0.717) is 12.5 Å². The van der Waals surface area contributed by atoms with Crippen molar-refractivity contribution in [3.05, 3.63) is 35.7 Å². The van der Waals surface area contributed by atoms with Crippen molar-refractivity contribution in [1.29, 1.82) is 0 Å². The number of aromatic nitrogens is 4. The Hall–Kier alpha value is -1.60. The molecule has 0 saturated carbocycles. The van der Waals surface area contributed by atoms with Crippen LogP contribution >= 0.6 is 11.8 Å². The van der Waals surface area contributed by atoms with E-state index in [4.69, 9.17) is 4.74 Å². The first-order chi connectivity index (χ1) is 11.7. The van der Waals surface area contributed by atoms with Gasteiger partial charge in [-0.3, -0.25) is 4.90 Å². The first-order valence-electron chi connectivity index (χ1n) is 8.40. The molecule has 24 heavy (non-hydrogen) atoms. The Morgan fingerprint density at radius 1 is 1.17 bits per heavy atom. The second-order valence-electron chi connectivity index (χ2n) is 6.38. The summed E-state index contributed by atoms with van der Waals surface area (Å²) in [5, 5.41) is 12.6. The lowest BCUT2D eigenvalue weighted by Crippen LogP contribution is -2.39. The van der Waals surface area contributed by atoms with Gasteiger partial charge in [0.2, 0.25) is 0 Å². The number of thioether (sulfide) groups is 1. The Morgan fingerprint density at radius 3 is 2.50 bits per heavy atom. The Kier molecular flexibility index (Phi) is 5.73. The van der Waals surface area contributed by atoms with Gasteiger partial charge in [-0.1, -0.05) is 26.0 Å². The average Bonchev–Trinajstić information content (AvgIpc) is 3.04. The summed E-state index contributed by atoms with van der Waals surface area (Å²) in [5.41, 5.74) is 1.17. The zero-order valence-electron chi connectivity index (χ0n) is 14.6. The summed E-state index contributed by atoms with van der Waals surface area (Å²) < 4.78 is 7.16. The molecule has 0 unspecified atom stereocenters. The molecule has 1 fully saturated rings. The van der Waals surface area contributed by atoms with Crippen LogP contribution in [-0.4, -0.2) is 56.8 Å². The van der Waals surface area contributed by atoms with Gasteiger partial charge in [0.1, 0.15) is 5.75 Å². The van der Waals surface area contributed by atoms with Crippen molar-refractivity contribution in [2.24, 2.45) is 5.92 Å². The van der Waals surface area contributed by atoms with Gasteiger partial charge in [0.15, 0.2) is 5.82 Å². The lowest BCUT2D eigenvalue weighted by atomic mass is 10.0. The van der Waals surface area contributed by atoms with Crippen molar-refractivity contribution < 1.29 is 4.74 Å². The molecule has 3 rings (SSSR count). The van der Waals surface area contributed by atoms with Crippen molar-refractivity contribution in [2.75, 3.05) is 31.7 Å². The van der Waals surface area contributed by atoms with Crippen LogP contribution in [0.2, 0.25) is 0 Å². The number of tetrazole rings is 1. The number of rotatable bonds is 6. The Balaban J connectivity index is 1.81. The molecule has 0 amide bonds. The molecule has 2 aromatic rings. The van der Waals surface area contributed by atoms with E-state index in [-0.39, 0.29) is 6.04 Å². The minimum Gasteiger partial charge on any atom is -0.497 e. The number of ether oxygens (including phenoxy) is 1. The van der Waals surface area contributed by atoms with E-state index < -0.39 is 0 Å². The molecule has 130 valence electrons. The predicted octanol–water partition coefficient (Wildman–Crippen LogP) is 2.48. The van der Waals surface area contributed by atoms with E-state index in [1.807, 2.05) is 28.6 Å². The lowest BCUT2D eigenvalue weighted by molar-refractivity contribution is 0.158. The molecule has 0 radical (unpaired) electrons. The first kappa shape index (κ1) is 17.2. The van der Waals surface area contributed by atoms with Crippen LogP contribution in [0.1, 0.15) is 31.3 Å². The second-order valence-corrected chi connectivity index (χ2v) is 7.60. The van der Waals surface area contributed by atoms with Gasteiger partial charge in [0, 0.05) is 24.6 Å². The van der Waals surface area contributed by atoms with E-state index in [1.165, 1.54) is 17.1 Å². The van der Waals surface area contributed by atoms with Crippen LogP contribution in [-0.2, 0) is 6.54 Å². The second kappa shape index (κ2) is 7.98. The molecular weight excluding hydrogens is 322 g/mol. The summed E-state index contributed by atoms with van der Waals surface area (Å²) in [4.78, 5) is 2.53. The highest BCUT2D eigenvalue weighted by Crippen LogP contribution is 2.29.